The van der Waals surface area contributed by atoms with Crippen molar-refractivity contribution in [1.29, 1.82) is 0 Å². The average Bonchev–Trinajstić information content (AvgIpc) is 2.70. The number of ketones is 1. The lowest BCUT2D eigenvalue weighted by molar-refractivity contribution is -0.384. The van der Waals surface area contributed by atoms with Gasteiger partial charge in [-0.15, -0.1) is 0 Å². The number of ether oxygens (including phenoxy) is 1. The molecule has 0 aliphatic rings. The molecule has 2 aromatic rings. The summed E-state index contributed by atoms with van der Waals surface area (Å²) in [7, 11) is 0. The van der Waals surface area contributed by atoms with E-state index in [0.29, 0.717) is 5.69 Å². The number of nitro benzene ring substituents is 1. The van der Waals surface area contributed by atoms with Gasteiger partial charge < -0.3 is 20.3 Å². The molecule has 9 heteroatoms. The van der Waals surface area contributed by atoms with E-state index in [9.17, 15) is 24.8 Å². The van der Waals surface area contributed by atoms with Crippen LogP contribution in [0, 0.1) is 10.1 Å². The van der Waals surface area contributed by atoms with E-state index < -0.39 is 36.0 Å². The van der Waals surface area contributed by atoms with E-state index in [1.165, 1.54) is 30.3 Å². The number of Topliss-reactive ketones (excluding diaryl/α,β-unsaturated/α-hetero) is 1. The predicted molar refractivity (Wildman–Crippen MR) is 95.7 cm³/mol. The minimum atomic E-state index is -0.937. The van der Waals surface area contributed by atoms with Gasteiger partial charge in [0.2, 0.25) is 5.78 Å². The first-order chi connectivity index (χ1) is 12.9. The van der Waals surface area contributed by atoms with E-state index in [0.717, 1.165) is 6.07 Å². The fourth-order valence-electron chi connectivity index (χ4n) is 2.15. The maximum absolute atomic E-state index is 12.1. The maximum atomic E-state index is 12.1. The molecule has 0 bridgehead atoms. The van der Waals surface area contributed by atoms with Crippen LogP contribution in [0.25, 0.3) is 0 Å². The van der Waals surface area contributed by atoms with Crippen LogP contribution in [-0.4, -0.2) is 52.8 Å². The van der Waals surface area contributed by atoms with Gasteiger partial charge >= 0.3 is 5.97 Å². The van der Waals surface area contributed by atoms with E-state index >= 15 is 0 Å². The van der Waals surface area contributed by atoms with E-state index in [2.05, 4.69) is 5.32 Å². The van der Waals surface area contributed by atoms with Crippen molar-refractivity contribution in [2.45, 2.75) is 6.10 Å². The number of aliphatic hydroxyl groups excluding tert-OH is 2. The molecule has 2 rings (SSSR count). The highest BCUT2D eigenvalue weighted by Gasteiger charge is 2.15. The number of nitrogens with zero attached hydrogens (tertiary/aromatic N) is 1. The highest BCUT2D eigenvalue weighted by atomic mass is 16.6. The molecule has 2 aromatic carbocycles. The molecule has 0 spiro atoms. The Labute approximate surface area is 154 Å². The maximum Gasteiger partial charge on any atom is 0.338 e. The molecule has 1 atom stereocenters. The van der Waals surface area contributed by atoms with Gasteiger partial charge in [0, 0.05) is 29.9 Å². The van der Waals surface area contributed by atoms with Crippen LogP contribution in [-0.2, 0) is 4.74 Å². The zero-order valence-electron chi connectivity index (χ0n) is 14.2. The molecule has 9 nitrogen and oxygen atoms in total. The first-order valence-corrected chi connectivity index (χ1v) is 7.98. The number of carbonyl (C=O) groups is 2. The summed E-state index contributed by atoms with van der Waals surface area (Å²) in [5.74, 6) is -1.30. The van der Waals surface area contributed by atoms with Gasteiger partial charge in [0.1, 0.15) is 0 Å². The lowest BCUT2D eigenvalue weighted by Crippen LogP contribution is -2.23. The van der Waals surface area contributed by atoms with Gasteiger partial charge in [0.15, 0.2) is 6.61 Å². The van der Waals surface area contributed by atoms with Gasteiger partial charge in [-0.3, -0.25) is 14.9 Å². The summed E-state index contributed by atoms with van der Waals surface area (Å²) < 4.78 is 4.97. The number of aliphatic hydroxyl groups is 2. The van der Waals surface area contributed by atoms with Crippen molar-refractivity contribution >= 4 is 23.1 Å². The smallest absolute Gasteiger partial charge is 0.338 e. The summed E-state index contributed by atoms with van der Waals surface area (Å²) in [6.45, 7) is -0.852. The Balaban J connectivity index is 1.96. The predicted octanol–water partition coefficient (Wildman–Crippen LogP) is 1.40. The zero-order chi connectivity index (χ0) is 19.8. The number of nitrogens with one attached hydrogen (secondary N) is 1. The van der Waals surface area contributed by atoms with Crippen molar-refractivity contribution in [3.63, 3.8) is 0 Å². The molecule has 3 N–H and O–H groups in total. The fraction of sp³-hybridized carbons (Fsp3) is 0.222. The third-order valence-corrected chi connectivity index (χ3v) is 3.56. The first kappa shape index (κ1) is 20.0. The summed E-state index contributed by atoms with van der Waals surface area (Å²) in [6.07, 6.45) is -0.937. The molecular formula is C18H18N2O7. The van der Waals surface area contributed by atoms with Gasteiger partial charge in [-0.25, -0.2) is 4.79 Å². The van der Waals surface area contributed by atoms with Crippen molar-refractivity contribution in [3.8, 4) is 0 Å². The van der Waals surface area contributed by atoms with Gasteiger partial charge in [0.25, 0.3) is 5.69 Å². The van der Waals surface area contributed by atoms with Crippen molar-refractivity contribution < 1.29 is 29.5 Å². The topological polar surface area (TPSA) is 139 Å². The molecule has 0 radical (unpaired) electrons. The van der Waals surface area contributed by atoms with E-state index in [1.54, 1.807) is 12.1 Å². The summed E-state index contributed by atoms with van der Waals surface area (Å²) >= 11 is 0. The van der Waals surface area contributed by atoms with Crippen LogP contribution < -0.4 is 5.32 Å². The molecule has 1 unspecified atom stereocenters. The highest BCUT2D eigenvalue weighted by Crippen LogP contribution is 2.15. The number of esters is 1. The van der Waals surface area contributed by atoms with E-state index in [1.807, 2.05) is 0 Å². The third-order valence-electron chi connectivity index (χ3n) is 3.56. The molecular weight excluding hydrogens is 356 g/mol. The first-order valence-electron chi connectivity index (χ1n) is 7.98. The molecule has 27 heavy (non-hydrogen) atoms. The zero-order valence-corrected chi connectivity index (χ0v) is 14.2. The number of hydrogen-bond donors (Lipinski definition) is 3. The fourth-order valence-corrected chi connectivity index (χ4v) is 2.15. The van der Waals surface area contributed by atoms with Gasteiger partial charge in [0.05, 0.1) is 23.2 Å². The molecule has 0 amide bonds. The number of benzene rings is 2. The Bertz CT molecular complexity index is 838. The quantitative estimate of drug-likeness (QED) is 0.259. The van der Waals surface area contributed by atoms with Gasteiger partial charge in [-0.2, -0.15) is 0 Å². The van der Waals surface area contributed by atoms with Gasteiger partial charge in [-0.05, 0) is 18.2 Å². The lowest BCUT2D eigenvalue weighted by Gasteiger charge is -2.11. The summed E-state index contributed by atoms with van der Waals surface area (Å²) in [4.78, 5) is 34.3. The Kier molecular flexibility index (Phi) is 6.98. The van der Waals surface area contributed by atoms with Crippen LogP contribution in [0.3, 0.4) is 0 Å². The van der Waals surface area contributed by atoms with Crippen molar-refractivity contribution in [3.05, 3.63) is 69.8 Å². The number of non-ortho nitro benzene ring substituents is 1. The summed E-state index contributed by atoms with van der Waals surface area (Å²) in [5, 5.41) is 31.7. The summed E-state index contributed by atoms with van der Waals surface area (Å²) in [5.41, 5.74) is 0.564. The highest BCUT2D eigenvalue weighted by molar-refractivity contribution is 5.99. The Hall–Kier alpha value is -3.30. The average molecular weight is 374 g/mol. The van der Waals surface area contributed by atoms with Gasteiger partial charge in [-0.1, -0.05) is 18.2 Å². The number of hydrogen-bond acceptors (Lipinski definition) is 8. The van der Waals surface area contributed by atoms with Crippen LogP contribution in [0.15, 0.2) is 48.5 Å². The molecule has 0 aliphatic heterocycles. The Morgan fingerprint density at radius 1 is 1.15 bits per heavy atom. The van der Waals surface area contributed by atoms with Crippen molar-refractivity contribution in [2.24, 2.45) is 0 Å². The number of anilines is 1. The van der Waals surface area contributed by atoms with Crippen LogP contribution >= 0.6 is 0 Å². The summed E-state index contributed by atoms with van der Waals surface area (Å²) in [6, 6.07) is 11.4. The molecule has 0 saturated heterocycles. The molecule has 0 fully saturated rings. The Morgan fingerprint density at radius 2 is 1.85 bits per heavy atom. The van der Waals surface area contributed by atoms with E-state index in [4.69, 9.17) is 9.84 Å². The molecule has 0 heterocycles. The second-order valence-electron chi connectivity index (χ2n) is 5.60. The normalized spacial score (nSPS) is 11.5. The van der Waals surface area contributed by atoms with Crippen LogP contribution in [0.2, 0.25) is 0 Å². The monoisotopic (exact) mass is 374 g/mol. The number of nitro groups is 1. The minimum absolute atomic E-state index is 0.0745. The van der Waals surface area contributed by atoms with Crippen molar-refractivity contribution in [2.75, 3.05) is 25.1 Å². The SMILES string of the molecule is O=C(COC(=O)c1cccc(NCC(O)CO)c1)c1cccc([N+](=O)[O-])c1. The van der Waals surface area contributed by atoms with Crippen molar-refractivity contribution in [1.82, 2.24) is 0 Å². The second kappa shape index (κ2) is 9.41. The minimum Gasteiger partial charge on any atom is -0.454 e. The molecule has 0 saturated carbocycles. The molecule has 142 valence electrons. The van der Waals surface area contributed by atoms with Crippen LogP contribution in [0.1, 0.15) is 20.7 Å². The second-order valence-corrected chi connectivity index (χ2v) is 5.60. The van der Waals surface area contributed by atoms with Crippen LogP contribution in [0.4, 0.5) is 11.4 Å². The van der Waals surface area contributed by atoms with E-state index in [-0.39, 0.29) is 23.4 Å². The largest absolute Gasteiger partial charge is 0.454 e. The molecule has 0 aliphatic carbocycles. The number of carbonyl (C=O) groups excluding carboxylic acids is 2. The Morgan fingerprint density at radius 3 is 2.56 bits per heavy atom. The number of rotatable bonds is 9. The lowest BCUT2D eigenvalue weighted by atomic mass is 10.1. The standard InChI is InChI=1S/C18H18N2O7/c21-10-16(22)9-19-14-5-1-4-13(7-14)18(24)27-11-17(23)12-3-2-6-15(8-12)20(25)26/h1-8,16,19,21-22H,9-11H2. The van der Waals surface area contributed by atoms with Crippen LogP contribution in [0.5, 0.6) is 0 Å². The third kappa shape index (κ3) is 5.87. The molecule has 0 aromatic heterocycles.